The Morgan fingerprint density at radius 2 is 1.77 bits per heavy atom. The van der Waals surface area contributed by atoms with Gasteiger partial charge < -0.3 is 14.1 Å². The molecule has 0 saturated carbocycles. The number of rotatable bonds is 7. The average Bonchev–Trinajstić information content (AvgIpc) is 3.17. The highest BCUT2D eigenvalue weighted by atomic mass is 16.5. The van der Waals surface area contributed by atoms with E-state index in [0.717, 1.165) is 5.56 Å². The fourth-order valence-corrected chi connectivity index (χ4v) is 2.91. The lowest BCUT2D eigenvalue weighted by Gasteiger charge is -2.24. The predicted octanol–water partition coefficient (Wildman–Crippen LogP) is 4.14. The van der Waals surface area contributed by atoms with E-state index in [1.807, 2.05) is 42.5 Å². The van der Waals surface area contributed by atoms with E-state index in [1.54, 1.807) is 31.2 Å². The van der Waals surface area contributed by atoms with Crippen molar-refractivity contribution in [2.75, 3.05) is 11.4 Å². The number of carbonyl (C=O) groups is 2. The molecular formula is C23H21N3O4. The summed E-state index contributed by atoms with van der Waals surface area (Å²) in [5.74, 6) is -0.552. The summed E-state index contributed by atoms with van der Waals surface area (Å²) >= 11 is 0. The van der Waals surface area contributed by atoms with Gasteiger partial charge in [0.05, 0.1) is 12.5 Å². The Balaban J connectivity index is 1.75. The molecule has 3 rings (SSSR count). The van der Waals surface area contributed by atoms with Gasteiger partial charge in [-0.3, -0.25) is 4.79 Å². The number of aryl methyl sites for hydroxylation is 1. The van der Waals surface area contributed by atoms with Gasteiger partial charge in [0.1, 0.15) is 5.76 Å². The van der Waals surface area contributed by atoms with Crippen molar-refractivity contribution in [2.45, 2.75) is 26.4 Å². The van der Waals surface area contributed by atoms with Crippen LogP contribution in [0, 0.1) is 18.3 Å². The molecule has 1 amide bonds. The molecule has 0 unspecified atom stereocenters. The average molecular weight is 403 g/mol. The van der Waals surface area contributed by atoms with Crippen LogP contribution in [-0.2, 0) is 9.53 Å². The van der Waals surface area contributed by atoms with Crippen LogP contribution in [0.4, 0.5) is 5.69 Å². The van der Waals surface area contributed by atoms with Crippen molar-refractivity contribution < 1.29 is 18.7 Å². The molecular weight excluding hydrogens is 382 g/mol. The number of hydrogen-bond acceptors (Lipinski definition) is 6. The van der Waals surface area contributed by atoms with Gasteiger partial charge in [-0.2, -0.15) is 5.26 Å². The third-order valence-corrected chi connectivity index (χ3v) is 4.42. The van der Waals surface area contributed by atoms with Gasteiger partial charge in [-0.1, -0.05) is 36.4 Å². The molecule has 0 bridgehead atoms. The second kappa shape index (κ2) is 9.52. The minimum Gasteiger partial charge on any atom is -0.448 e. The Morgan fingerprint density at radius 3 is 2.40 bits per heavy atom. The van der Waals surface area contributed by atoms with Crippen LogP contribution in [0.15, 0.2) is 65.1 Å². The minimum absolute atomic E-state index is 0.0248. The molecule has 0 spiro atoms. The smallest absolute Gasteiger partial charge is 0.361 e. The summed E-state index contributed by atoms with van der Waals surface area (Å²) in [4.78, 5) is 31.2. The van der Waals surface area contributed by atoms with Crippen molar-refractivity contribution in [3.63, 3.8) is 0 Å². The number of ether oxygens (including phenoxy) is 1. The fraction of sp³-hybridized carbons (Fsp3) is 0.217. The number of aromatic nitrogens is 1. The number of nitriles is 1. The normalized spacial score (nSPS) is 11.4. The number of amides is 1. The molecule has 1 atom stereocenters. The number of nitrogens with zero attached hydrogens (tertiary/aromatic N) is 3. The lowest BCUT2D eigenvalue weighted by Crippen LogP contribution is -2.40. The number of hydrogen-bond donors (Lipinski definition) is 0. The molecule has 30 heavy (non-hydrogen) atoms. The quantitative estimate of drug-likeness (QED) is 0.550. The predicted molar refractivity (Wildman–Crippen MR) is 111 cm³/mol. The van der Waals surface area contributed by atoms with Gasteiger partial charge in [0, 0.05) is 17.8 Å². The van der Waals surface area contributed by atoms with E-state index in [4.69, 9.17) is 14.4 Å². The molecule has 0 fully saturated rings. The maximum absolute atomic E-state index is 12.9. The number of esters is 1. The molecule has 0 N–H and O–H groups in total. The molecule has 7 heteroatoms. The Kier molecular flexibility index (Phi) is 6.60. The van der Waals surface area contributed by atoms with Crippen LogP contribution >= 0.6 is 0 Å². The van der Waals surface area contributed by atoms with Crippen LogP contribution in [0.2, 0.25) is 0 Å². The minimum atomic E-state index is -1.06. The first-order valence-electron chi connectivity index (χ1n) is 9.48. The molecule has 152 valence electrons. The van der Waals surface area contributed by atoms with E-state index < -0.39 is 18.0 Å². The van der Waals surface area contributed by atoms with Gasteiger partial charge in [-0.25, -0.2) is 9.78 Å². The molecule has 1 aromatic heterocycles. The van der Waals surface area contributed by atoms with Crippen molar-refractivity contribution in [3.8, 4) is 17.5 Å². The molecule has 0 radical (unpaired) electrons. The van der Waals surface area contributed by atoms with E-state index in [9.17, 15) is 9.59 Å². The summed E-state index contributed by atoms with van der Waals surface area (Å²) in [5.41, 5.74) is 1.39. The summed E-state index contributed by atoms with van der Waals surface area (Å²) in [6.45, 7) is 3.31. The number of anilines is 1. The maximum Gasteiger partial charge on any atom is 0.361 e. The van der Waals surface area contributed by atoms with Crippen LogP contribution in [0.3, 0.4) is 0 Å². The molecule has 0 aliphatic heterocycles. The molecule has 0 saturated heterocycles. The van der Waals surface area contributed by atoms with E-state index in [2.05, 4.69) is 4.98 Å². The largest absolute Gasteiger partial charge is 0.448 e. The summed E-state index contributed by atoms with van der Waals surface area (Å²) in [5, 5.41) is 8.91. The van der Waals surface area contributed by atoms with Crippen LogP contribution < -0.4 is 4.90 Å². The molecule has 3 aromatic rings. The zero-order valence-electron chi connectivity index (χ0n) is 16.7. The van der Waals surface area contributed by atoms with E-state index in [-0.39, 0.29) is 18.7 Å². The first-order chi connectivity index (χ1) is 14.5. The Hall–Kier alpha value is -3.92. The van der Waals surface area contributed by atoms with E-state index >= 15 is 0 Å². The molecule has 0 aliphatic carbocycles. The third-order valence-electron chi connectivity index (χ3n) is 4.42. The summed E-state index contributed by atoms with van der Waals surface area (Å²) < 4.78 is 11.0. The number of benzene rings is 2. The number of para-hydroxylation sites is 1. The second-order valence-electron chi connectivity index (χ2n) is 6.57. The van der Waals surface area contributed by atoms with Crippen LogP contribution in [-0.4, -0.2) is 29.5 Å². The lowest BCUT2D eigenvalue weighted by atomic mass is 10.2. The highest BCUT2D eigenvalue weighted by molar-refractivity contribution is 5.98. The Morgan fingerprint density at radius 1 is 1.13 bits per heavy atom. The zero-order chi connectivity index (χ0) is 21.5. The van der Waals surface area contributed by atoms with Crippen molar-refractivity contribution in [2.24, 2.45) is 0 Å². The van der Waals surface area contributed by atoms with Crippen LogP contribution in [0.5, 0.6) is 0 Å². The summed E-state index contributed by atoms with van der Waals surface area (Å²) in [7, 11) is 0. The van der Waals surface area contributed by atoms with Crippen molar-refractivity contribution >= 4 is 17.6 Å². The first-order valence-corrected chi connectivity index (χ1v) is 9.48. The zero-order valence-corrected chi connectivity index (χ0v) is 16.7. The van der Waals surface area contributed by atoms with Gasteiger partial charge in [0.15, 0.2) is 11.8 Å². The topological polar surface area (TPSA) is 96.4 Å². The summed E-state index contributed by atoms with van der Waals surface area (Å²) in [6.07, 6.45) is -0.905. The Bertz CT molecular complexity index is 1060. The van der Waals surface area contributed by atoms with Gasteiger partial charge in [0.25, 0.3) is 5.91 Å². The SMILES string of the molecule is Cc1oc(-c2ccccc2)nc1C(=O)O[C@@H](C)C(=O)N(CCC#N)c1ccccc1. The Labute approximate surface area is 174 Å². The molecule has 2 aromatic carbocycles. The van der Waals surface area contributed by atoms with Gasteiger partial charge >= 0.3 is 5.97 Å². The van der Waals surface area contributed by atoms with Crippen LogP contribution in [0.25, 0.3) is 11.5 Å². The van der Waals surface area contributed by atoms with E-state index in [1.165, 1.54) is 11.8 Å². The number of carbonyl (C=O) groups excluding carboxylic acids is 2. The highest BCUT2D eigenvalue weighted by Crippen LogP contribution is 2.22. The van der Waals surface area contributed by atoms with Crippen molar-refractivity contribution in [3.05, 3.63) is 72.1 Å². The number of oxazole rings is 1. The summed E-state index contributed by atoms with van der Waals surface area (Å²) in [6, 6.07) is 20.2. The van der Waals surface area contributed by atoms with E-state index in [0.29, 0.717) is 17.3 Å². The molecule has 1 heterocycles. The standard InChI is InChI=1S/C23H21N3O4/c1-16-20(25-21(29-16)18-10-5-3-6-11-18)23(28)30-17(2)22(27)26(15-9-14-24)19-12-7-4-8-13-19/h3-8,10-13,17H,9,15H2,1-2H3/t17-/m0/s1. The highest BCUT2D eigenvalue weighted by Gasteiger charge is 2.28. The first kappa shape index (κ1) is 20.8. The third kappa shape index (κ3) is 4.73. The molecule has 7 nitrogen and oxygen atoms in total. The van der Waals surface area contributed by atoms with Crippen molar-refractivity contribution in [1.82, 2.24) is 4.98 Å². The monoisotopic (exact) mass is 403 g/mol. The van der Waals surface area contributed by atoms with Crippen LogP contribution in [0.1, 0.15) is 29.6 Å². The van der Waals surface area contributed by atoms with Gasteiger partial charge in [0.2, 0.25) is 5.89 Å². The van der Waals surface area contributed by atoms with Crippen molar-refractivity contribution in [1.29, 1.82) is 5.26 Å². The molecule has 0 aliphatic rings. The maximum atomic E-state index is 12.9. The van der Waals surface area contributed by atoms with Gasteiger partial charge in [-0.05, 0) is 38.1 Å². The second-order valence-corrected chi connectivity index (χ2v) is 6.57. The van der Waals surface area contributed by atoms with Gasteiger partial charge in [-0.15, -0.1) is 0 Å². The fourth-order valence-electron chi connectivity index (χ4n) is 2.91. The lowest BCUT2D eigenvalue weighted by molar-refractivity contribution is -0.126.